The van der Waals surface area contributed by atoms with Gasteiger partial charge in [0.2, 0.25) is 0 Å². The number of rotatable bonds is 9. The van der Waals surface area contributed by atoms with Crippen LogP contribution in [0, 0.1) is 0 Å². The van der Waals surface area contributed by atoms with Crippen molar-refractivity contribution in [1.82, 2.24) is 9.88 Å². The zero-order valence-electron chi connectivity index (χ0n) is 16.9. The molecule has 6 heteroatoms. The van der Waals surface area contributed by atoms with Crippen molar-refractivity contribution in [3.8, 4) is 16.9 Å². The van der Waals surface area contributed by atoms with Crippen LogP contribution in [0.5, 0.6) is 5.75 Å². The quantitative estimate of drug-likeness (QED) is 0.520. The monoisotopic (exact) mass is 405 g/mol. The van der Waals surface area contributed by atoms with Gasteiger partial charge in [-0.05, 0) is 65.9 Å². The minimum Gasteiger partial charge on any atom is -0.492 e. The van der Waals surface area contributed by atoms with Crippen molar-refractivity contribution >= 4 is 5.69 Å². The predicted octanol–water partition coefficient (Wildman–Crippen LogP) is 4.22. The number of nitrogens with zero attached hydrogens (tertiary/aromatic N) is 2. The molecule has 1 aliphatic heterocycles. The van der Waals surface area contributed by atoms with Crippen molar-refractivity contribution in [3.05, 3.63) is 78.6 Å². The fraction of sp³-hybridized carbons (Fsp3) is 0.292. The Labute approximate surface area is 177 Å². The number of aromatic nitrogens is 1. The summed E-state index contributed by atoms with van der Waals surface area (Å²) < 4.78 is 11.7. The zero-order valence-corrected chi connectivity index (χ0v) is 16.9. The Morgan fingerprint density at radius 3 is 2.63 bits per heavy atom. The first-order valence-electron chi connectivity index (χ1n) is 10.3. The standard InChI is InChI=1S/C24H27N3O3/c28-26-22-3-1-2-21(16-22)20-5-8-24(9-6-20)30-17-23(27-14-15-29-18-27)7-4-19-10-12-25-13-11-19/h1-3,5-6,8-13,16,23,26,28H,4,7,14-15,17-18H2. The molecule has 1 saturated heterocycles. The molecule has 1 unspecified atom stereocenters. The highest BCUT2D eigenvalue weighted by Gasteiger charge is 2.23. The number of aryl methyl sites for hydroxylation is 1. The second-order valence-corrected chi connectivity index (χ2v) is 7.43. The number of anilines is 1. The molecular formula is C24H27N3O3. The molecule has 156 valence electrons. The average molecular weight is 405 g/mol. The lowest BCUT2D eigenvalue weighted by molar-refractivity contribution is 0.0866. The smallest absolute Gasteiger partial charge is 0.119 e. The van der Waals surface area contributed by atoms with Crippen molar-refractivity contribution in [3.63, 3.8) is 0 Å². The molecule has 2 heterocycles. The normalized spacial score (nSPS) is 15.1. The number of hydrogen-bond acceptors (Lipinski definition) is 6. The Hall–Kier alpha value is -2.93. The molecule has 3 aromatic rings. The van der Waals surface area contributed by atoms with Gasteiger partial charge >= 0.3 is 0 Å². The molecule has 0 radical (unpaired) electrons. The average Bonchev–Trinajstić information content (AvgIpc) is 3.35. The maximum Gasteiger partial charge on any atom is 0.119 e. The number of nitrogens with one attached hydrogen (secondary N) is 1. The topological polar surface area (TPSA) is 66.8 Å². The highest BCUT2D eigenvalue weighted by Crippen LogP contribution is 2.25. The van der Waals surface area contributed by atoms with Gasteiger partial charge in [0.15, 0.2) is 0 Å². The first kappa shape index (κ1) is 20.3. The van der Waals surface area contributed by atoms with Crippen molar-refractivity contribution in [1.29, 1.82) is 0 Å². The van der Waals surface area contributed by atoms with Gasteiger partial charge < -0.3 is 9.47 Å². The van der Waals surface area contributed by atoms with E-state index in [-0.39, 0.29) is 0 Å². The summed E-state index contributed by atoms with van der Waals surface area (Å²) in [4.78, 5) is 6.44. The summed E-state index contributed by atoms with van der Waals surface area (Å²) in [5, 5.41) is 9.10. The van der Waals surface area contributed by atoms with Crippen LogP contribution in [0.15, 0.2) is 73.1 Å². The molecule has 1 atom stereocenters. The Morgan fingerprint density at radius 1 is 1.07 bits per heavy atom. The van der Waals surface area contributed by atoms with Crippen LogP contribution >= 0.6 is 0 Å². The number of ether oxygens (including phenoxy) is 2. The second-order valence-electron chi connectivity index (χ2n) is 7.43. The molecular weight excluding hydrogens is 378 g/mol. The summed E-state index contributed by atoms with van der Waals surface area (Å²) >= 11 is 0. The molecule has 30 heavy (non-hydrogen) atoms. The van der Waals surface area contributed by atoms with Gasteiger partial charge in [0, 0.05) is 25.0 Å². The summed E-state index contributed by atoms with van der Waals surface area (Å²) in [7, 11) is 0. The molecule has 0 saturated carbocycles. The molecule has 0 amide bonds. The molecule has 4 rings (SSSR count). The van der Waals surface area contributed by atoms with Gasteiger partial charge in [0.25, 0.3) is 0 Å². The van der Waals surface area contributed by atoms with Crippen molar-refractivity contribution in [2.24, 2.45) is 0 Å². The Morgan fingerprint density at radius 2 is 1.90 bits per heavy atom. The van der Waals surface area contributed by atoms with Crippen LogP contribution in [0.3, 0.4) is 0 Å². The SMILES string of the molecule is ONc1cccc(-c2ccc(OCC(CCc3ccncc3)N3CCOC3)cc2)c1. The summed E-state index contributed by atoms with van der Waals surface area (Å²) in [5.41, 5.74) is 6.25. The zero-order chi connectivity index (χ0) is 20.6. The lowest BCUT2D eigenvalue weighted by Gasteiger charge is -2.26. The minimum atomic E-state index is 0.299. The van der Waals surface area contributed by atoms with Crippen LogP contribution in [0.4, 0.5) is 5.69 Å². The maximum atomic E-state index is 9.10. The lowest BCUT2D eigenvalue weighted by atomic mass is 10.0. The van der Waals surface area contributed by atoms with Crippen molar-refractivity contribution < 1.29 is 14.7 Å². The number of hydrogen-bond donors (Lipinski definition) is 2. The van der Waals surface area contributed by atoms with E-state index in [0.717, 1.165) is 42.9 Å². The molecule has 1 fully saturated rings. The van der Waals surface area contributed by atoms with Crippen LogP contribution in [0.2, 0.25) is 0 Å². The highest BCUT2D eigenvalue weighted by molar-refractivity contribution is 5.68. The first-order chi connectivity index (χ1) is 14.8. The van der Waals surface area contributed by atoms with E-state index in [1.54, 1.807) is 0 Å². The van der Waals surface area contributed by atoms with Crippen LogP contribution in [-0.2, 0) is 11.2 Å². The molecule has 0 aliphatic carbocycles. The van der Waals surface area contributed by atoms with Crippen molar-refractivity contribution in [2.75, 3.05) is 32.0 Å². The van der Waals surface area contributed by atoms with E-state index in [1.165, 1.54) is 5.56 Å². The largest absolute Gasteiger partial charge is 0.492 e. The van der Waals surface area contributed by atoms with E-state index in [4.69, 9.17) is 14.7 Å². The molecule has 2 N–H and O–H groups in total. The summed E-state index contributed by atoms with van der Waals surface area (Å²) in [6.07, 6.45) is 5.68. The fourth-order valence-electron chi connectivity index (χ4n) is 3.67. The third kappa shape index (κ3) is 5.36. The van der Waals surface area contributed by atoms with Gasteiger partial charge in [-0.25, -0.2) is 0 Å². The Balaban J connectivity index is 1.37. The van der Waals surface area contributed by atoms with Crippen LogP contribution in [0.25, 0.3) is 11.1 Å². The molecule has 1 aliphatic rings. The summed E-state index contributed by atoms with van der Waals surface area (Å²) in [6.45, 7) is 3.01. The summed E-state index contributed by atoms with van der Waals surface area (Å²) in [5.74, 6) is 0.851. The predicted molar refractivity (Wildman–Crippen MR) is 117 cm³/mol. The van der Waals surface area contributed by atoms with Gasteiger partial charge in [-0.1, -0.05) is 24.3 Å². The first-order valence-corrected chi connectivity index (χ1v) is 10.3. The third-order valence-corrected chi connectivity index (χ3v) is 5.43. The minimum absolute atomic E-state index is 0.299. The maximum absolute atomic E-state index is 9.10. The number of pyridine rings is 1. The van der Waals surface area contributed by atoms with Gasteiger partial charge in [-0.3, -0.25) is 20.6 Å². The van der Waals surface area contributed by atoms with E-state index < -0.39 is 0 Å². The van der Waals surface area contributed by atoms with Crippen LogP contribution in [0.1, 0.15) is 12.0 Å². The van der Waals surface area contributed by atoms with E-state index in [2.05, 4.69) is 27.5 Å². The van der Waals surface area contributed by atoms with Gasteiger partial charge in [-0.2, -0.15) is 0 Å². The van der Waals surface area contributed by atoms with E-state index >= 15 is 0 Å². The molecule has 6 nitrogen and oxygen atoms in total. The van der Waals surface area contributed by atoms with Crippen LogP contribution < -0.4 is 10.2 Å². The summed E-state index contributed by atoms with van der Waals surface area (Å²) in [6, 6.07) is 20.1. The highest BCUT2D eigenvalue weighted by atomic mass is 16.5. The van der Waals surface area contributed by atoms with E-state index in [0.29, 0.717) is 25.1 Å². The Bertz CT molecular complexity index is 912. The molecule has 1 aromatic heterocycles. The lowest BCUT2D eigenvalue weighted by Crippen LogP contribution is -2.38. The molecule has 2 aromatic carbocycles. The van der Waals surface area contributed by atoms with Gasteiger partial charge in [0.05, 0.1) is 19.0 Å². The second kappa shape index (κ2) is 10.2. The van der Waals surface area contributed by atoms with E-state index in [9.17, 15) is 0 Å². The van der Waals surface area contributed by atoms with Crippen molar-refractivity contribution in [2.45, 2.75) is 18.9 Å². The van der Waals surface area contributed by atoms with E-state index in [1.807, 2.05) is 60.9 Å². The Kier molecular flexibility index (Phi) is 6.92. The van der Waals surface area contributed by atoms with Gasteiger partial charge in [-0.15, -0.1) is 0 Å². The molecule has 0 bridgehead atoms. The van der Waals surface area contributed by atoms with Crippen LogP contribution in [-0.4, -0.2) is 47.6 Å². The third-order valence-electron chi connectivity index (χ3n) is 5.43. The molecule has 0 spiro atoms. The fourth-order valence-corrected chi connectivity index (χ4v) is 3.67. The number of benzene rings is 2. The van der Waals surface area contributed by atoms with Gasteiger partial charge in [0.1, 0.15) is 12.4 Å².